The van der Waals surface area contributed by atoms with Crippen LogP contribution in [0.15, 0.2) is 36.4 Å². The molecule has 4 rings (SSSR count). The number of amides is 1. The number of hydrogen-bond donors (Lipinski definition) is 1. The number of anilines is 1. The van der Waals surface area contributed by atoms with Gasteiger partial charge >= 0.3 is 0 Å². The van der Waals surface area contributed by atoms with E-state index in [2.05, 4.69) is 22.3 Å². The van der Waals surface area contributed by atoms with Gasteiger partial charge in [-0.25, -0.2) is 4.98 Å². The predicted octanol–water partition coefficient (Wildman–Crippen LogP) is 3.97. The topological polar surface area (TPSA) is 72.9 Å². The van der Waals surface area contributed by atoms with Crippen LogP contribution < -0.4 is 24.4 Å². The Bertz CT molecular complexity index is 1000. The zero-order valence-electron chi connectivity index (χ0n) is 18.0. The first kappa shape index (κ1) is 21.2. The highest BCUT2D eigenvalue weighted by Crippen LogP contribution is 2.38. The fraction of sp³-hybridized carbons (Fsp3) is 0.391. The van der Waals surface area contributed by atoms with E-state index in [1.807, 2.05) is 12.1 Å². The molecule has 1 fully saturated rings. The normalized spacial score (nSPS) is 14.5. The summed E-state index contributed by atoms with van der Waals surface area (Å²) in [6, 6.07) is 11.6. The Hall–Kier alpha value is -3.00. The van der Waals surface area contributed by atoms with E-state index in [0.29, 0.717) is 35.3 Å². The quantitative estimate of drug-likeness (QED) is 0.598. The summed E-state index contributed by atoms with van der Waals surface area (Å²) in [6.07, 6.45) is 2.04. The fourth-order valence-electron chi connectivity index (χ4n) is 3.87. The lowest BCUT2D eigenvalue weighted by Gasteiger charge is -2.31. The number of thiazole rings is 1. The molecule has 1 saturated heterocycles. The molecule has 164 valence electrons. The monoisotopic (exact) mass is 441 g/mol. The summed E-state index contributed by atoms with van der Waals surface area (Å²) in [4.78, 5) is 19.8. The number of benzene rings is 2. The minimum Gasteiger partial charge on any atom is -0.493 e. The van der Waals surface area contributed by atoms with Crippen LogP contribution in [0.2, 0.25) is 0 Å². The SMILES string of the molecule is COc1cc(C(=O)NCC2CCN(c3nc4ccccc4s3)CC2)cc(OC)c1OC. The van der Waals surface area contributed by atoms with Crippen molar-refractivity contribution in [3.05, 3.63) is 42.0 Å². The third-order valence-electron chi connectivity index (χ3n) is 5.65. The molecule has 3 aromatic rings. The molecule has 31 heavy (non-hydrogen) atoms. The Morgan fingerprint density at radius 2 is 1.77 bits per heavy atom. The van der Waals surface area contributed by atoms with Crippen LogP contribution in [0.4, 0.5) is 5.13 Å². The summed E-state index contributed by atoms with van der Waals surface area (Å²) in [5.41, 5.74) is 1.55. The third-order valence-corrected chi connectivity index (χ3v) is 6.74. The molecular weight excluding hydrogens is 414 g/mol. The average molecular weight is 442 g/mol. The number of carbonyl (C=O) groups is 1. The highest BCUT2D eigenvalue weighted by molar-refractivity contribution is 7.22. The molecule has 1 aliphatic rings. The van der Waals surface area contributed by atoms with Crippen molar-refractivity contribution in [3.8, 4) is 17.2 Å². The first-order valence-corrected chi connectivity index (χ1v) is 11.1. The number of ether oxygens (including phenoxy) is 3. The van der Waals surface area contributed by atoms with Crippen molar-refractivity contribution in [2.24, 2.45) is 5.92 Å². The number of methoxy groups -OCH3 is 3. The van der Waals surface area contributed by atoms with Gasteiger partial charge in [0.25, 0.3) is 5.91 Å². The van der Waals surface area contributed by atoms with Gasteiger partial charge in [-0.2, -0.15) is 0 Å². The summed E-state index contributed by atoms with van der Waals surface area (Å²) in [5, 5.41) is 4.15. The largest absolute Gasteiger partial charge is 0.493 e. The standard InChI is InChI=1S/C23H27N3O4S/c1-28-18-12-16(13-19(29-2)21(18)30-3)22(27)24-14-15-8-10-26(11-9-15)23-25-17-6-4-5-7-20(17)31-23/h4-7,12-13,15H,8-11,14H2,1-3H3,(H,24,27). The molecule has 1 N–H and O–H groups in total. The number of piperidine rings is 1. The fourth-order valence-corrected chi connectivity index (χ4v) is 4.89. The van der Waals surface area contributed by atoms with E-state index in [-0.39, 0.29) is 5.91 Å². The molecule has 0 aliphatic carbocycles. The lowest BCUT2D eigenvalue weighted by molar-refractivity contribution is 0.0944. The number of aromatic nitrogens is 1. The maximum atomic E-state index is 12.7. The number of carbonyl (C=O) groups excluding carboxylic acids is 1. The van der Waals surface area contributed by atoms with Crippen LogP contribution in [0.3, 0.4) is 0 Å². The van der Waals surface area contributed by atoms with Gasteiger partial charge in [0.1, 0.15) is 0 Å². The molecule has 8 heteroatoms. The number of nitrogens with zero attached hydrogens (tertiary/aromatic N) is 2. The molecular formula is C23H27N3O4S. The molecule has 1 aliphatic heterocycles. The summed E-state index contributed by atoms with van der Waals surface area (Å²) in [6.45, 7) is 2.54. The van der Waals surface area contributed by atoms with Gasteiger partial charge in [-0.3, -0.25) is 4.79 Å². The van der Waals surface area contributed by atoms with Crippen LogP contribution in [-0.4, -0.2) is 51.9 Å². The van der Waals surface area contributed by atoms with Crippen molar-refractivity contribution in [2.45, 2.75) is 12.8 Å². The summed E-state index contributed by atoms with van der Waals surface area (Å²) in [7, 11) is 4.62. The van der Waals surface area contributed by atoms with Crippen LogP contribution in [0.5, 0.6) is 17.2 Å². The summed E-state index contributed by atoms with van der Waals surface area (Å²) >= 11 is 1.74. The lowest BCUT2D eigenvalue weighted by atomic mass is 9.97. The van der Waals surface area contributed by atoms with Crippen LogP contribution >= 0.6 is 11.3 Å². The third kappa shape index (κ3) is 4.54. The van der Waals surface area contributed by atoms with E-state index >= 15 is 0 Å². The van der Waals surface area contributed by atoms with E-state index in [4.69, 9.17) is 19.2 Å². The van der Waals surface area contributed by atoms with Crippen molar-refractivity contribution >= 4 is 32.6 Å². The average Bonchev–Trinajstić information content (AvgIpc) is 3.26. The molecule has 0 radical (unpaired) electrons. The second-order valence-electron chi connectivity index (χ2n) is 7.52. The Morgan fingerprint density at radius 3 is 2.39 bits per heavy atom. The minimum absolute atomic E-state index is 0.146. The van der Waals surface area contributed by atoms with Gasteiger partial charge in [-0.05, 0) is 43.0 Å². The number of fused-ring (bicyclic) bond motifs is 1. The lowest BCUT2D eigenvalue weighted by Crippen LogP contribution is -2.38. The number of nitrogens with one attached hydrogen (secondary N) is 1. The Labute approximate surface area is 185 Å². The predicted molar refractivity (Wildman–Crippen MR) is 123 cm³/mol. The highest BCUT2D eigenvalue weighted by atomic mass is 32.1. The van der Waals surface area contributed by atoms with E-state index in [1.54, 1.807) is 30.6 Å². The Balaban J connectivity index is 1.33. The summed E-state index contributed by atoms with van der Waals surface area (Å²) in [5.74, 6) is 1.71. The van der Waals surface area contributed by atoms with Crippen LogP contribution in [0, 0.1) is 5.92 Å². The van der Waals surface area contributed by atoms with Gasteiger partial charge in [0, 0.05) is 25.2 Å². The van der Waals surface area contributed by atoms with Crippen molar-refractivity contribution < 1.29 is 19.0 Å². The van der Waals surface area contributed by atoms with Crippen molar-refractivity contribution in [1.29, 1.82) is 0 Å². The number of hydrogen-bond acceptors (Lipinski definition) is 7. The molecule has 1 aromatic heterocycles. The van der Waals surface area contributed by atoms with Gasteiger partial charge < -0.3 is 24.4 Å². The van der Waals surface area contributed by atoms with Crippen LogP contribution in [0.1, 0.15) is 23.2 Å². The molecule has 0 spiro atoms. The van der Waals surface area contributed by atoms with Gasteiger partial charge in [-0.1, -0.05) is 23.5 Å². The second-order valence-corrected chi connectivity index (χ2v) is 8.53. The summed E-state index contributed by atoms with van der Waals surface area (Å²) < 4.78 is 17.2. The Kier molecular flexibility index (Phi) is 6.46. The van der Waals surface area contributed by atoms with E-state index in [1.165, 1.54) is 18.9 Å². The molecule has 0 bridgehead atoms. The van der Waals surface area contributed by atoms with Crippen molar-refractivity contribution in [1.82, 2.24) is 10.3 Å². The Morgan fingerprint density at radius 1 is 1.10 bits per heavy atom. The molecule has 0 unspecified atom stereocenters. The maximum absolute atomic E-state index is 12.7. The molecule has 2 aromatic carbocycles. The first-order chi connectivity index (χ1) is 15.1. The molecule has 2 heterocycles. The van der Waals surface area contributed by atoms with E-state index in [9.17, 15) is 4.79 Å². The van der Waals surface area contributed by atoms with E-state index in [0.717, 1.165) is 36.6 Å². The highest BCUT2D eigenvalue weighted by Gasteiger charge is 2.23. The number of rotatable bonds is 7. The molecule has 0 atom stereocenters. The van der Waals surface area contributed by atoms with Crippen molar-refractivity contribution in [3.63, 3.8) is 0 Å². The second kappa shape index (κ2) is 9.43. The van der Waals surface area contributed by atoms with Gasteiger partial charge in [0.2, 0.25) is 5.75 Å². The van der Waals surface area contributed by atoms with Gasteiger partial charge in [-0.15, -0.1) is 0 Å². The molecule has 7 nitrogen and oxygen atoms in total. The van der Waals surface area contributed by atoms with E-state index < -0.39 is 0 Å². The number of para-hydroxylation sites is 1. The maximum Gasteiger partial charge on any atom is 0.251 e. The smallest absolute Gasteiger partial charge is 0.251 e. The van der Waals surface area contributed by atoms with Gasteiger partial charge in [0.15, 0.2) is 16.6 Å². The van der Waals surface area contributed by atoms with Crippen LogP contribution in [-0.2, 0) is 0 Å². The van der Waals surface area contributed by atoms with Crippen LogP contribution in [0.25, 0.3) is 10.2 Å². The molecule has 0 saturated carbocycles. The van der Waals surface area contributed by atoms with Crippen molar-refractivity contribution in [2.75, 3.05) is 45.9 Å². The zero-order chi connectivity index (χ0) is 21.8. The van der Waals surface area contributed by atoms with Gasteiger partial charge in [0.05, 0.1) is 31.5 Å². The zero-order valence-corrected chi connectivity index (χ0v) is 18.8. The molecule has 1 amide bonds. The first-order valence-electron chi connectivity index (χ1n) is 10.3. The minimum atomic E-state index is -0.146.